The van der Waals surface area contributed by atoms with Gasteiger partial charge in [0.25, 0.3) is 0 Å². The van der Waals surface area contributed by atoms with Crippen LogP contribution in [0, 0.1) is 0 Å². The van der Waals surface area contributed by atoms with E-state index in [0.717, 1.165) is 5.56 Å². The zero-order chi connectivity index (χ0) is 14.8. The van der Waals surface area contributed by atoms with E-state index in [0.29, 0.717) is 12.4 Å². The highest BCUT2D eigenvalue weighted by Crippen LogP contribution is 2.20. The minimum atomic E-state index is -0.463. The Balaban J connectivity index is 2.67. The summed E-state index contributed by atoms with van der Waals surface area (Å²) in [4.78, 5) is 11.5. The summed E-state index contributed by atoms with van der Waals surface area (Å²) < 4.78 is 15.9. The van der Waals surface area contributed by atoms with Crippen molar-refractivity contribution < 1.29 is 19.0 Å². The number of hydrogen-bond acceptors (Lipinski definition) is 4. The molecule has 1 aromatic carbocycles. The second-order valence-electron chi connectivity index (χ2n) is 3.98. The third-order valence-electron chi connectivity index (χ3n) is 2.39. The molecule has 0 aliphatic carbocycles. The van der Waals surface area contributed by atoms with Crippen LogP contribution in [0.2, 0.25) is 0 Å². The Kier molecular flexibility index (Phi) is 6.96. The van der Waals surface area contributed by atoms with E-state index in [2.05, 4.69) is 6.58 Å². The molecule has 4 nitrogen and oxygen atoms in total. The Hall–Kier alpha value is -2.23. The van der Waals surface area contributed by atoms with E-state index in [4.69, 9.17) is 14.2 Å². The van der Waals surface area contributed by atoms with Crippen LogP contribution in [0.1, 0.15) is 19.4 Å². The molecular weight excluding hydrogens is 256 g/mol. The lowest BCUT2D eigenvalue weighted by atomic mass is 10.1. The number of rotatable bonds is 8. The first-order chi connectivity index (χ1) is 9.67. The summed E-state index contributed by atoms with van der Waals surface area (Å²) in [6, 6.07) is 7.32. The summed E-state index contributed by atoms with van der Waals surface area (Å²) in [5.41, 5.74) is 0.772. The fourth-order valence-electron chi connectivity index (χ4n) is 1.55. The van der Waals surface area contributed by atoms with E-state index in [1.54, 1.807) is 32.1 Å². The molecule has 0 amide bonds. The van der Waals surface area contributed by atoms with Crippen molar-refractivity contribution in [2.45, 2.75) is 26.6 Å². The van der Waals surface area contributed by atoms with Gasteiger partial charge in [-0.25, -0.2) is 0 Å². The van der Waals surface area contributed by atoms with Crippen LogP contribution in [0.5, 0.6) is 5.75 Å². The highest BCUT2D eigenvalue weighted by atomic mass is 16.7. The molecule has 0 bridgehead atoms. The minimum absolute atomic E-state index is 0.180. The van der Waals surface area contributed by atoms with Crippen LogP contribution in [0.25, 0.3) is 0 Å². The van der Waals surface area contributed by atoms with E-state index >= 15 is 0 Å². The molecule has 0 aliphatic rings. The number of esters is 1. The zero-order valence-corrected chi connectivity index (χ0v) is 11.9. The third kappa shape index (κ3) is 5.61. The fourth-order valence-corrected chi connectivity index (χ4v) is 1.55. The van der Waals surface area contributed by atoms with Crippen molar-refractivity contribution in [3.63, 3.8) is 0 Å². The first kappa shape index (κ1) is 15.8. The smallest absolute Gasteiger partial charge is 0.310 e. The number of carbonyl (C=O) groups excluding carboxylic acids is 1. The van der Waals surface area contributed by atoms with Gasteiger partial charge in [0.05, 0.1) is 19.3 Å². The summed E-state index contributed by atoms with van der Waals surface area (Å²) in [7, 11) is 0. The molecule has 0 heterocycles. The molecule has 1 aromatic rings. The molecule has 0 N–H and O–H groups in total. The number of benzene rings is 1. The molecule has 1 unspecified atom stereocenters. The maximum Gasteiger partial charge on any atom is 0.310 e. The SMILES string of the molecule is C=C/C=C\OC(C)Oc1ccccc1CC(=O)OCC. The number of para-hydroxylation sites is 1. The van der Waals surface area contributed by atoms with E-state index in [1.807, 2.05) is 18.2 Å². The Morgan fingerprint density at radius 2 is 2.15 bits per heavy atom. The molecule has 0 aliphatic heterocycles. The van der Waals surface area contributed by atoms with Crippen LogP contribution >= 0.6 is 0 Å². The van der Waals surface area contributed by atoms with Gasteiger partial charge in [-0.05, 0) is 19.1 Å². The fraction of sp³-hybridized carbons (Fsp3) is 0.312. The molecule has 0 spiro atoms. The third-order valence-corrected chi connectivity index (χ3v) is 2.39. The van der Waals surface area contributed by atoms with Crippen molar-refractivity contribution in [3.8, 4) is 5.75 Å². The predicted octanol–water partition coefficient (Wildman–Crippen LogP) is 3.23. The molecule has 108 valence electrons. The van der Waals surface area contributed by atoms with Gasteiger partial charge in [0.1, 0.15) is 5.75 Å². The van der Waals surface area contributed by atoms with Crippen molar-refractivity contribution in [3.05, 3.63) is 54.8 Å². The molecule has 4 heteroatoms. The predicted molar refractivity (Wildman–Crippen MR) is 77.3 cm³/mol. The van der Waals surface area contributed by atoms with Gasteiger partial charge in [-0.2, -0.15) is 0 Å². The van der Waals surface area contributed by atoms with Gasteiger partial charge in [0.15, 0.2) is 0 Å². The molecule has 0 saturated heterocycles. The van der Waals surface area contributed by atoms with Crippen molar-refractivity contribution in [2.75, 3.05) is 6.61 Å². The van der Waals surface area contributed by atoms with Gasteiger partial charge in [-0.1, -0.05) is 30.9 Å². The standard InChI is InChI=1S/C16H20O4/c1-4-6-11-19-13(3)20-15-10-8-7-9-14(15)12-16(17)18-5-2/h4,6-11,13H,1,5,12H2,2-3H3/b11-6-. The van der Waals surface area contributed by atoms with Crippen LogP contribution in [-0.4, -0.2) is 18.9 Å². The molecule has 0 saturated carbocycles. The van der Waals surface area contributed by atoms with E-state index in [9.17, 15) is 4.79 Å². The second kappa shape index (κ2) is 8.80. The van der Waals surface area contributed by atoms with Crippen LogP contribution < -0.4 is 4.74 Å². The quantitative estimate of drug-likeness (QED) is 0.316. The average Bonchev–Trinajstić information content (AvgIpc) is 2.41. The lowest BCUT2D eigenvalue weighted by Gasteiger charge is -2.16. The number of carbonyl (C=O) groups is 1. The van der Waals surface area contributed by atoms with Crippen LogP contribution in [0.4, 0.5) is 0 Å². The molecular formula is C16H20O4. The van der Waals surface area contributed by atoms with Gasteiger partial charge in [-0.15, -0.1) is 0 Å². The number of allylic oxidation sites excluding steroid dienone is 2. The first-order valence-electron chi connectivity index (χ1n) is 6.50. The minimum Gasteiger partial charge on any atom is -0.466 e. The first-order valence-corrected chi connectivity index (χ1v) is 6.50. The van der Waals surface area contributed by atoms with Crippen LogP contribution in [0.3, 0.4) is 0 Å². The topological polar surface area (TPSA) is 44.8 Å². The Morgan fingerprint density at radius 1 is 1.40 bits per heavy atom. The highest BCUT2D eigenvalue weighted by molar-refractivity contribution is 5.73. The average molecular weight is 276 g/mol. The van der Waals surface area contributed by atoms with E-state index < -0.39 is 6.29 Å². The number of ether oxygens (including phenoxy) is 3. The maximum absolute atomic E-state index is 11.5. The van der Waals surface area contributed by atoms with Gasteiger partial charge in [0, 0.05) is 12.5 Å². The Bertz CT molecular complexity index is 465. The summed E-state index contributed by atoms with van der Waals surface area (Å²) >= 11 is 0. The second-order valence-corrected chi connectivity index (χ2v) is 3.98. The Morgan fingerprint density at radius 3 is 2.85 bits per heavy atom. The summed E-state index contributed by atoms with van der Waals surface area (Å²) in [6.45, 7) is 7.47. The lowest BCUT2D eigenvalue weighted by molar-refractivity contribution is -0.142. The summed E-state index contributed by atoms with van der Waals surface area (Å²) in [5.74, 6) is 0.337. The number of hydrogen-bond donors (Lipinski definition) is 0. The zero-order valence-electron chi connectivity index (χ0n) is 11.9. The maximum atomic E-state index is 11.5. The van der Waals surface area contributed by atoms with Crippen molar-refractivity contribution in [1.82, 2.24) is 0 Å². The molecule has 20 heavy (non-hydrogen) atoms. The van der Waals surface area contributed by atoms with Crippen molar-refractivity contribution in [1.29, 1.82) is 0 Å². The molecule has 0 radical (unpaired) electrons. The monoisotopic (exact) mass is 276 g/mol. The highest BCUT2D eigenvalue weighted by Gasteiger charge is 2.11. The van der Waals surface area contributed by atoms with Crippen molar-refractivity contribution in [2.24, 2.45) is 0 Å². The normalized spacial score (nSPS) is 11.9. The van der Waals surface area contributed by atoms with Gasteiger partial charge < -0.3 is 14.2 Å². The molecule has 1 atom stereocenters. The van der Waals surface area contributed by atoms with E-state index in [1.165, 1.54) is 6.26 Å². The van der Waals surface area contributed by atoms with Crippen LogP contribution in [-0.2, 0) is 20.7 Å². The summed E-state index contributed by atoms with van der Waals surface area (Å²) in [6.07, 6.45) is 4.51. The molecule has 1 rings (SSSR count). The summed E-state index contributed by atoms with van der Waals surface area (Å²) in [5, 5.41) is 0. The van der Waals surface area contributed by atoms with Crippen molar-refractivity contribution >= 4 is 5.97 Å². The van der Waals surface area contributed by atoms with Gasteiger partial charge >= 0.3 is 5.97 Å². The molecule has 0 fully saturated rings. The Labute approximate surface area is 119 Å². The largest absolute Gasteiger partial charge is 0.466 e. The van der Waals surface area contributed by atoms with Gasteiger partial charge in [0.2, 0.25) is 6.29 Å². The van der Waals surface area contributed by atoms with E-state index in [-0.39, 0.29) is 12.4 Å². The van der Waals surface area contributed by atoms with Gasteiger partial charge in [-0.3, -0.25) is 4.79 Å². The molecule has 0 aromatic heterocycles. The lowest BCUT2D eigenvalue weighted by Crippen LogP contribution is -2.15. The van der Waals surface area contributed by atoms with Crippen LogP contribution in [0.15, 0.2) is 49.3 Å².